The standard InChI is InChI=1S/C24H36F5NO10/c25-19-20(26)22(28)24(23(29)21(19)27)40-18(31)17-39-16-15-38-14-13-37-12-11-36-10-9-35-8-7-34-6-5-33-4-3-32-2-1-30/h1-17,30H2. The Hall–Kier alpha value is -2.02. The number of hydrogen-bond donors (Lipinski definition) is 1. The molecule has 0 aliphatic rings. The number of esters is 1. The molecule has 0 aliphatic carbocycles. The van der Waals surface area contributed by atoms with Crippen molar-refractivity contribution < 1.29 is 69.4 Å². The summed E-state index contributed by atoms with van der Waals surface area (Å²) in [6, 6.07) is 0. The highest BCUT2D eigenvalue weighted by Gasteiger charge is 2.28. The van der Waals surface area contributed by atoms with Crippen molar-refractivity contribution in [2.75, 3.05) is 112 Å². The monoisotopic (exact) mass is 593 g/mol. The van der Waals surface area contributed by atoms with Crippen molar-refractivity contribution in [1.82, 2.24) is 0 Å². The van der Waals surface area contributed by atoms with Crippen molar-refractivity contribution in [3.05, 3.63) is 29.1 Å². The van der Waals surface area contributed by atoms with Gasteiger partial charge in [0, 0.05) is 6.54 Å². The fraction of sp³-hybridized carbons (Fsp3) is 0.708. The molecule has 0 aromatic heterocycles. The molecule has 0 saturated carbocycles. The molecule has 0 radical (unpaired) electrons. The average Bonchev–Trinajstić information content (AvgIpc) is 2.95. The van der Waals surface area contributed by atoms with Crippen molar-refractivity contribution in [2.24, 2.45) is 5.73 Å². The molecule has 11 nitrogen and oxygen atoms in total. The number of hydrogen-bond acceptors (Lipinski definition) is 11. The topological polar surface area (TPSA) is 126 Å². The number of halogens is 5. The zero-order chi connectivity index (χ0) is 29.4. The number of benzene rings is 1. The first-order valence-electron chi connectivity index (χ1n) is 12.4. The first-order valence-corrected chi connectivity index (χ1v) is 12.4. The van der Waals surface area contributed by atoms with Gasteiger partial charge in [0.25, 0.3) is 0 Å². The van der Waals surface area contributed by atoms with E-state index in [9.17, 15) is 26.7 Å². The van der Waals surface area contributed by atoms with E-state index in [-0.39, 0.29) is 26.4 Å². The SMILES string of the molecule is NCCOCCOCCOCCOCCOCCOCCOCCOCC(=O)Oc1c(F)c(F)c(F)c(F)c1F. The van der Waals surface area contributed by atoms with Crippen LogP contribution in [0.15, 0.2) is 0 Å². The Morgan fingerprint density at radius 1 is 0.450 bits per heavy atom. The molecule has 2 N–H and O–H groups in total. The van der Waals surface area contributed by atoms with Crippen LogP contribution in [0.25, 0.3) is 0 Å². The van der Waals surface area contributed by atoms with Gasteiger partial charge in [0.15, 0.2) is 0 Å². The Balaban J connectivity index is 1.84. The Bertz CT molecular complexity index is 796. The van der Waals surface area contributed by atoms with Crippen LogP contribution in [-0.4, -0.2) is 118 Å². The van der Waals surface area contributed by atoms with E-state index in [1.807, 2.05) is 0 Å². The second-order valence-corrected chi connectivity index (χ2v) is 7.50. The van der Waals surface area contributed by atoms with Crippen molar-refractivity contribution in [2.45, 2.75) is 0 Å². The molecular formula is C24H36F5NO10. The first-order chi connectivity index (χ1) is 19.4. The number of carbonyl (C=O) groups is 1. The average molecular weight is 594 g/mol. The summed E-state index contributed by atoms with van der Waals surface area (Å²) in [7, 11) is 0. The maximum atomic E-state index is 13.5. The van der Waals surface area contributed by atoms with Crippen molar-refractivity contribution in [1.29, 1.82) is 0 Å². The molecule has 0 bridgehead atoms. The number of rotatable bonds is 26. The quantitative estimate of drug-likeness (QED) is 0.0418. The molecule has 0 unspecified atom stereocenters. The highest BCUT2D eigenvalue weighted by Crippen LogP contribution is 2.29. The molecule has 0 amide bonds. The molecule has 0 atom stereocenters. The predicted molar refractivity (Wildman–Crippen MR) is 127 cm³/mol. The summed E-state index contributed by atoms with van der Waals surface area (Å²) in [5, 5.41) is 0. The van der Waals surface area contributed by atoms with Gasteiger partial charge in [-0.25, -0.2) is 18.0 Å². The molecule has 0 aliphatic heterocycles. The predicted octanol–water partition coefficient (Wildman–Crippen LogP) is 1.38. The molecule has 1 aromatic carbocycles. The molecule has 1 rings (SSSR count). The van der Waals surface area contributed by atoms with E-state index in [1.165, 1.54) is 0 Å². The van der Waals surface area contributed by atoms with Gasteiger partial charge in [-0.15, -0.1) is 0 Å². The summed E-state index contributed by atoms with van der Waals surface area (Å²) in [6.45, 7) is 4.99. The van der Waals surface area contributed by atoms with E-state index in [2.05, 4.69) is 4.74 Å². The third kappa shape index (κ3) is 16.3. The Labute approximate surface area is 228 Å². The minimum atomic E-state index is -2.36. The van der Waals surface area contributed by atoms with Crippen molar-refractivity contribution in [3.63, 3.8) is 0 Å². The van der Waals surface area contributed by atoms with Gasteiger partial charge in [-0.1, -0.05) is 0 Å². The fourth-order valence-electron chi connectivity index (χ4n) is 2.60. The van der Waals surface area contributed by atoms with Gasteiger partial charge >= 0.3 is 5.97 Å². The maximum Gasteiger partial charge on any atom is 0.337 e. The zero-order valence-electron chi connectivity index (χ0n) is 22.1. The Morgan fingerprint density at radius 3 is 1.05 bits per heavy atom. The third-order valence-electron chi connectivity index (χ3n) is 4.47. The summed E-state index contributed by atoms with van der Waals surface area (Å²) in [6.07, 6.45) is 0. The summed E-state index contributed by atoms with van der Waals surface area (Å²) in [5.74, 6) is -14.4. The van der Waals surface area contributed by atoms with Gasteiger partial charge in [-0.2, -0.15) is 8.78 Å². The summed E-state index contributed by atoms with van der Waals surface area (Å²) in [4.78, 5) is 11.5. The summed E-state index contributed by atoms with van der Waals surface area (Å²) in [5.41, 5.74) is 5.29. The van der Waals surface area contributed by atoms with E-state index < -0.39 is 47.4 Å². The number of ether oxygens (including phenoxy) is 9. The fourth-order valence-corrected chi connectivity index (χ4v) is 2.60. The number of nitrogens with two attached hydrogens (primary N) is 1. The van der Waals surface area contributed by atoms with Gasteiger partial charge in [-0.3, -0.25) is 0 Å². The molecule has 1 aromatic rings. The lowest BCUT2D eigenvalue weighted by molar-refractivity contribution is -0.140. The number of carbonyl (C=O) groups excluding carboxylic acids is 1. The van der Waals surface area contributed by atoms with Crippen LogP contribution in [0.5, 0.6) is 5.75 Å². The van der Waals surface area contributed by atoms with Crippen LogP contribution in [0.3, 0.4) is 0 Å². The van der Waals surface area contributed by atoms with E-state index in [0.29, 0.717) is 79.2 Å². The second kappa shape index (κ2) is 23.7. The van der Waals surface area contributed by atoms with Crippen LogP contribution in [-0.2, 0) is 42.7 Å². The van der Waals surface area contributed by atoms with Crippen molar-refractivity contribution >= 4 is 5.97 Å². The van der Waals surface area contributed by atoms with Crippen LogP contribution in [0.2, 0.25) is 0 Å². The second-order valence-electron chi connectivity index (χ2n) is 7.50. The minimum Gasteiger partial charge on any atom is -0.418 e. The van der Waals surface area contributed by atoms with Gasteiger partial charge < -0.3 is 48.4 Å². The van der Waals surface area contributed by atoms with E-state index >= 15 is 0 Å². The Kier molecular flexibility index (Phi) is 21.3. The maximum absolute atomic E-state index is 13.5. The molecule has 40 heavy (non-hydrogen) atoms. The van der Waals surface area contributed by atoms with Gasteiger partial charge in [0.05, 0.1) is 99.1 Å². The van der Waals surface area contributed by atoms with E-state index in [1.54, 1.807) is 0 Å². The van der Waals surface area contributed by atoms with Crippen LogP contribution in [0.4, 0.5) is 22.0 Å². The minimum absolute atomic E-state index is 0.0495. The highest BCUT2D eigenvalue weighted by atomic mass is 19.2. The lowest BCUT2D eigenvalue weighted by Crippen LogP contribution is -2.20. The summed E-state index contributed by atoms with van der Waals surface area (Å²) < 4.78 is 112. The Morgan fingerprint density at radius 2 is 0.725 bits per heavy atom. The lowest BCUT2D eigenvalue weighted by Gasteiger charge is -2.09. The third-order valence-corrected chi connectivity index (χ3v) is 4.47. The lowest BCUT2D eigenvalue weighted by atomic mass is 10.2. The first kappa shape index (κ1) is 36.0. The molecule has 0 spiro atoms. The van der Waals surface area contributed by atoms with Gasteiger partial charge in [0.2, 0.25) is 34.8 Å². The van der Waals surface area contributed by atoms with Gasteiger partial charge in [-0.05, 0) is 0 Å². The van der Waals surface area contributed by atoms with E-state index in [4.69, 9.17) is 43.6 Å². The van der Waals surface area contributed by atoms with Crippen LogP contribution in [0, 0.1) is 29.1 Å². The van der Waals surface area contributed by atoms with E-state index in [0.717, 1.165) is 0 Å². The molecule has 0 fully saturated rings. The van der Waals surface area contributed by atoms with Crippen LogP contribution in [0.1, 0.15) is 0 Å². The van der Waals surface area contributed by atoms with Crippen molar-refractivity contribution in [3.8, 4) is 5.75 Å². The zero-order valence-corrected chi connectivity index (χ0v) is 22.1. The molecule has 16 heteroatoms. The highest BCUT2D eigenvalue weighted by molar-refractivity contribution is 5.73. The largest absolute Gasteiger partial charge is 0.418 e. The van der Waals surface area contributed by atoms with Gasteiger partial charge in [0.1, 0.15) is 6.61 Å². The molecule has 0 heterocycles. The molecular weight excluding hydrogens is 557 g/mol. The smallest absolute Gasteiger partial charge is 0.337 e. The molecule has 0 saturated heterocycles. The van der Waals surface area contributed by atoms with Crippen LogP contribution >= 0.6 is 0 Å². The molecule has 232 valence electrons. The normalized spacial score (nSPS) is 11.3. The summed E-state index contributed by atoms with van der Waals surface area (Å²) >= 11 is 0. The van der Waals surface area contributed by atoms with Crippen LogP contribution < -0.4 is 10.5 Å².